The van der Waals surface area contributed by atoms with Crippen LogP contribution in [0, 0.1) is 6.92 Å². The Morgan fingerprint density at radius 3 is 2.71 bits per heavy atom. The third-order valence-electron chi connectivity index (χ3n) is 4.35. The van der Waals surface area contributed by atoms with E-state index in [4.69, 9.17) is 9.47 Å². The molecule has 144 valence electrons. The van der Waals surface area contributed by atoms with Gasteiger partial charge in [0.25, 0.3) is 5.91 Å². The zero-order chi connectivity index (χ0) is 19.8. The van der Waals surface area contributed by atoms with E-state index in [1.807, 2.05) is 55.5 Å². The summed E-state index contributed by atoms with van der Waals surface area (Å²) in [7, 11) is 0. The zero-order valence-corrected chi connectivity index (χ0v) is 16.1. The maximum Gasteiger partial charge on any atom is 0.263 e. The summed E-state index contributed by atoms with van der Waals surface area (Å²) in [4.78, 5) is 16.5. The monoisotopic (exact) mass is 376 g/mol. The molecule has 0 saturated carbocycles. The number of aryl methyl sites for hydroxylation is 2. The lowest BCUT2D eigenvalue weighted by Gasteiger charge is -2.13. The molecule has 1 heterocycles. The number of amides is 1. The minimum Gasteiger partial charge on any atom is -0.485 e. The van der Waals surface area contributed by atoms with Gasteiger partial charge < -0.3 is 14.8 Å². The lowest BCUT2D eigenvalue weighted by molar-refractivity contribution is -0.118. The second-order valence-electron chi connectivity index (χ2n) is 6.40. The van der Waals surface area contributed by atoms with Crippen LogP contribution in [-0.2, 0) is 17.8 Å². The van der Waals surface area contributed by atoms with Crippen molar-refractivity contribution >= 4 is 11.7 Å². The van der Waals surface area contributed by atoms with Crippen LogP contribution in [0.4, 0.5) is 5.82 Å². The predicted octanol–water partition coefficient (Wildman–Crippen LogP) is 4.55. The van der Waals surface area contributed by atoms with Gasteiger partial charge in [-0.2, -0.15) is 0 Å². The number of pyridine rings is 1. The molecule has 0 unspecified atom stereocenters. The van der Waals surface area contributed by atoms with E-state index in [1.54, 1.807) is 18.3 Å². The summed E-state index contributed by atoms with van der Waals surface area (Å²) in [6.07, 6.45) is 2.53. The van der Waals surface area contributed by atoms with E-state index in [0.29, 0.717) is 23.9 Å². The minimum atomic E-state index is -0.290. The van der Waals surface area contributed by atoms with Gasteiger partial charge >= 0.3 is 0 Å². The standard InChI is InChI=1S/C23H24N2O3/c1-3-18-9-6-11-20(14-18)27-16-22(26)25-23-21(12-7-13-24-23)28-15-19-10-5-4-8-17(19)2/h4-14H,3,15-16H2,1-2H3,(H,24,25,26). The molecule has 0 aliphatic rings. The van der Waals surface area contributed by atoms with Crippen molar-refractivity contribution in [1.82, 2.24) is 4.98 Å². The summed E-state index contributed by atoms with van der Waals surface area (Å²) in [6.45, 7) is 4.42. The molecule has 1 N–H and O–H groups in total. The zero-order valence-electron chi connectivity index (χ0n) is 16.1. The van der Waals surface area contributed by atoms with Gasteiger partial charge in [0.15, 0.2) is 18.2 Å². The Morgan fingerprint density at radius 2 is 1.89 bits per heavy atom. The lowest BCUT2D eigenvalue weighted by atomic mass is 10.1. The molecule has 5 nitrogen and oxygen atoms in total. The molecule has 0 radical (unpaired) electrons. The van der Waals surface area contributed by atoms with Crippen molar-refractivity contribution in [3.63, 3.8) is 0 Å². The van der Waals surface area contributed by atoms with Crippen LogP contribution < -0.4 is 14.8 Å². The fraction of sp³-hybridized carbons (Fsp3) is 0.217. The molecular weight excluding hydrogens is 352 g/mol. The molecule has 1 amide bonds. The number of nitrogens with zero attached hydrogens (tertiary/aromatic N) is 1. The number of anilines is 1. The highest BCUT2D eigenvalue weighted by Crippen LogP contribution is 2.23. The summed E-state index contributed by atoms with van der Waals surface area (Å²) in [5.74, 6) is 1.28. The summed E-state index contributed by atoms with van der Waals surface area (Å²) < 4.78 is 11.5. The molecule has 3 rings (SSSR count). The highest BCUT2D eigenvalue weighted by molar-refractivity contribution is 5.92. The maximum absolute atomic E-state index is 12.3. The number of benzene rings is 2. The van der Waals surface area contributed by atoms with E-state index >= 15 is 0 Å². The molecule has 0 saturated heterocycles. The van der Waals surface area contributed by atoms with Gasteiger partial charge in [-0.15, -0.1) is 0 Å². The molecule has 5 heteroatoms. The number of ether oxygens (including phenoxy) is 2. The van der Waals surface area contributed by atoms with Crippen LogP contribution in [0.15, 0.2) is 66.9 Å². The average molecular weight is 376 g/mol. The second-order valence-corrected chi connectivity index (χ2v) is 6.40. The van der Waals surface area contributed by atoms with Gasteiger partial charge in [-0.1, -0.05) is 43.3 Å². The number of hydrogen-bond donors (Lipinski definition) is 1. The molecule has 0 aliphatic carbocycles. The van der Waals surface area contributed by atoms with Crippen LogP contribution in [0.5, 0.6) is 11.5 Å². The molecule has 1 aromatic heterocycles. The molecular formula is C23H24N2O3. The smallest absolute Gasteiger partial charge is 0.263 e. The topological polar surface area (TPSA) is 60.5 Å². The van der Waals surface area contributed by atoms with Crippen LogP contribution in [0.3, 0.4) is 0 Å². The summed E-state index contributed by atoms with van der Waals surface area (Å²) in [5, 5.41) is 2.76. The first-order chi connectivity index (χ1) is 13.7. The molecule has 0 fully saturated rings. The molecule has 0 spiro atoms. The third-order valence-corrected chi connectivity index (χ3v) is 4.35. The van der Waals surface area contributed by atoms with Crippen LogP contribution >= 0.6 is 0 Å². The molecule has 3 aromatic rings. The number of nitrogens with one attached hydrogen (secondary N) is 1. The summed E-state index contributed by atoms with van der Waals surface area (Å²) >= 11 is 0. The van der Waals surface area contributed by atoms with Crippen molar-refractivity contribution in [3.05, 3.63) is 83.6 Å². The van der Waals surface area contributed by atoms with Gasteiger partial charge in [-0.05, 0) is 54.3 Å². The molecule has 0 atom stereocenters. The first-order valence-electron chi connectivity index (χ1n) is 9.29. The van der Waals surface area contributed by atoms with Crippen molar-refractivity contribution < 1.29 is 14.3 Å². The molecule has 0 aliphatic heterocycles. The van der Waals surface area contributed by atoms with Crippen molar-refractivity contribution in [1.29, 1.82) is 0 Å². The van der Waals surface area contributed by atoms with Crippen molar-refractivity contribution in [3.8, 4) is 11.5 Å². The van der Waals surface area contributed by atoms with Crippen LogP contribution in [0.25, 0.3) is 0 Å². The lowest BCUT2D eigenvalue weighted by Crippen LogP contribution is -2.21. The van der Waals surface area contributed by atoms with Crippen LogP contribution in [0.2, 0.25) is 0 Å². The third kappa shape index (κ3) is 5.33. The fourth-order valence-electron chi connectivity index (χ4n) is 2.70. The van der Waals surface area contributed by atoms with Gasteiger partial charge in [-0.3, -0.25) is 4.79 Å². The number of aromatic nitrogens is 1. The molecule has 28 heavy (non-hydrogen) atoms. The highest BCUT2D eigenvalue weighted by Gasteiger charge is 2.11. The Balaban J connectivity index is 1.59. The summed E-state index contributed by atoms with van der Waals surface area (Å²) in [5.41, 5.74) is 3.40. The van der Waals surface area contributed by atoms with E-state index in [0.717, 1.165) is 23.1 Å². The van der Waals surface area contributed by atoms with Crippen LogP contribution in [-0.4, -0.2) is 17.5 Å². The van der Waals surface area contributed by atoms with Crippen molar-refractivity contribution in [2.45, 2.75) is 26.9 Å². The molecule has 2 aromatic carbocycles. The minimum absolute atomic E-state index is 0.0963. The van der Waals surface area contributed by atoms with Gasteiger partial charge in [0.1, 0.15) is 12.4 Å². The Kier molecular flexibility index (Phi) is 6.63. The van der Waals surface area contributed by atoms with Gasteiger partial charge in [0, 0.05) is 6.20 Å². The predicted molar refractivity (Wildman–Crippen MR) is 110 cm³/mol. The van der Waals surface area contributed by atoms with Gasteiger partial charge in [0.05, 0.1) is 0 Å². The second kappa shape index (κ2) is 9.55. The average Bonchev–Trinajstić information content (AvgIpc) is 2.73. The van der Waals surface area contributed by atoms with E-state index in [-0.39, 0.29) is 12.5 Å². The van der Waals surface area contributed by atoms with Crippen molar-refractivity contribution in [2.24, 2.45) is 0 Å². The van der Waals surface area contributed by atoms with Crippen molar-refractivity contribution in [2.75, 3.05) is 11.9 Å². The fourth-order valence-corrected chi connectivity index (χ4v) is 2.70. The van der Waals surface area contributed by atoms with E-state index in [2.05, 4.69) is 17.2 Å². The number of rotatable bonds is 8. The highest BCUT2D eigenvalue weighted by atomic mass is 16.5. The number of carbonyl (C=O) groups excluding carboxylic acids is 1. The first kappa shape index (κ1) is 19.4. The Hall–Kier alpha value is -3.34. The number of carbonyl (C=O) groups is 1. The quantitative estimate of drug-likeness (QED) is 0.627. The Bertz CT molecular complexity index is 940. The summed E-state index contributed by atoms with van der Waals surface area (Å²) in [6, 6.07) is 19.3. The Labute approximate surface area is 165 Å². The Morgan fingerprint density at radius 1 is 1.04 bits per heavy atom. The number of hydrogen-bond acceptors (Lipinski definition) is 4. The van der Waals surface area contributed by atoms with Gasteiger partial charge in [-0.25, -0.2) is 4.98 Å². The molecule has 0 bridgehead atoms. The largest absolute Gasteiger partial charge is 0.485 e. The maximum atomic E-state index is 12.3. The van der Waals surface area contributed by atoms with E-state index < -0.39 is 0 Å². The normalized spacial score (nSPS) is 10.4. The van der Waals surface area contributed by atoms with E-state index in [9.17, 15) is 4.79 Å². The van der Waals surface area contributed by atoms with Gasteiger partial charge in [0.2, 0.25) is 0 Å². The van der Waals surface area contributed by atoms with E-state index in [1.165, 1.54) is 0 Å². The van der Waals surface area contributed by atoms with Crippen LogP contribution in [0.1, 0.15) is 23.6 Å². The first-order valence-corrected chi connectivity index (χ1v) is 9.29. The SMILES string of the molecule is CCc1cccc(OCC(=O)Nc2ncccc2OCc2ccccc2C)c1.